The van der Waals surface area contributed by atoms with E-state index in [4.69, 9.17) is 0 Å². The third-order valence-electron chi connectivity index (χ3n) is 4.27. The van der Waals surface area contributed by atoms with Crippen LogP contribution in [0, 0.1) is 10.1 Å². The molecule has 3 N–H and O–H groups in total. The zero-order valence-corrected chi connectivity index (χ0v) is 15.3. The summed E-state index contributed by atoms with van der Waals surface area (Å²) in [6.07, 6.45) is 2.05. The monoisotopic (exact) mass is 380 g/mol. The van der Waals surface area contributed by atoms with Gasteiger partial charge in [-0.05, 0) is 30.0 Å². The molecule has 0 atom stereocenters. The molecule has 8 heteroatoms. The molecule has 0 amide bonds. The quantitative estimate of drug-likeness (QED) is 0.207. The average Bonchev–Trinajstić information content (AvgIpc) is 2.68. The van der Waals surface area contributed by atoms with Crippen LogP contribution in [0.5, 0.6) is 11.5 Å². The molecule has 0 aliphatic heterocycles. The lowest BCUT2D eigenvalue weighted by Crippen LogP contribution is -2.01. The topological polar surface area (TPSA) is 120 Å². The van der Waals surface area contributed by atoms with E-state index in [9.17, 15) is 20.3 Å². The highest BCUT2D eigenvalue weighted by Crippen LogP contribution is 2.41. The SMILES string of the molecule is CCCCNc1cccc2ccc(O)c(N=Nc3ccc([N+](=O)[O-])cc3O)c12. The minimum absolute atomic E-state index is 0.0533. The molecule has 3 aromatic rings. The number of nitro benzene ring substituents is 1. The van der Waals surface area contributed by atoms with E-state index in [1.165, 1.54) is 18.2 Å². The van der Waals surface area contributed by atoms with Crippen LogP contribution in [0.1, 0.15) is 19.8 Å². The van der Waals surface area contributed by atoms with Gasteiger partial charge in [0.2, 0.25) is 0 Å². The smallest absolute Gasteiger partial charge is 0.273 e. The summed E-state index contributed by atoms with van der Waals surface area (Å²) in [4.78, 5) is 10.2. The maximum atomic E-state index is 10.8. The summed E-state index contributed by atoms with van der Waals surface area (Å²) in [5.41, 5.74) is 0.906. The van der Waals surface area contributed by atoms with E-state index in [0.717, 1.165) is 36.5 Å². The Morgan fingerprint density at radius 2 is 1.89 bits per heavy atom. The van der Waals surface area contributed by atoms with E-state index in [-0.39, 0.29) is 28.6 Å². The Morgan fingerprint density at radius 3 is 2.61 bits per heavy atom. The number of azo groups is 1. The van der Waals surface area contributed by atoms with Crippen LogP contribution in [-0.4, -0.2) is 21.7 Å². The van der Waals surface area contributed by atoms with Crippen molar-refractivity contribution in [3.63, 3.8) is 0 Å². The molecule has 0 aliphatic carbocycles. The predicted octanol–water partition coefficient (Wildman–Crippen LogP) is 5.79. The first-order valence-corrected chi connectivity index (χ1v) is 8.89. The lowest BCUT2D eigenvalue weighted by atomic mass is 10.1. The molecule has 0 bridgehead atoms. The van der Waals surface area contributed by atoms with Gasteiger partial charge in [0.15, 0.2) is 0 Å². The first-order chi connectivity index (χ1) is 13.5. The molecule has 0 saturated heterocycles. The van der Waals surface area contributed by atoms with E-state index in [2.05, 4.69) is 22.5 Å². The van der Waals surface area contributed by atoms with Crippen molar-refractivity contribution in [3.05, 3.63) is 58.6 Å². The van der Waals surface area contributed by atoms with Crippen LogP contribution in [0.4, 0.5) is 22.7 Å². The molecule has 8 nitrogen and oxygen atoms in total. The van der Waals surface area contributed by atoms with Crippen LogP contribution >= 0.6 is 0 Å². The van der Waals surface area contributed by atoms with E-state index < -0.39 is 4.92 Å². The zero-order chi connectivity index (χ0) is 20.1. The fourth-order valence-electron chi connectivity index (χ4n) is 2.81. The molecule has 0 heterocycles. The summed E-state index contributed by atoms with van der Waals surface area (Å²) in [6, 6.07) is 12.6. The van der Waals surface area contributed by atoms with Gasteiger partial charge >= 0.3 is 0 Å². The van der Waals surface area contributed by atoms with Gasteiger partial charge in [0, 0.05) is 23.7 Å². The molecule has 0 spiro atoms. The fourth-order valence-corrected chi connectivity index (χ4v) is 2.81. The number of benzene rings is 3. The highest BCUT2D eigenvalue weighted by molar-refractivity contribution is 6.04. The summed E-state index contributed by atoms with van der Waals surface area (Å²) < 4.78 is 0. The number of nitrogens with one attached hydrogen (secondary N) is 1. The normalized spacial score (nSPS) is 11.2. The molecular formula is C20H20N4O4. The number of nitrogens with zero attached hydrogens (tertiary/aromatic N) is 3. The van der Waals surface area contributed by atoms with Crippen molar-refractivity contribution in [2.75, 3.05) is 11.9 Å². The minimum Gasteiger partial charge on any atom is -0.506 e. The summed E-state index contributed by atoms with van der Waals surface area (Å²) in [6.45, 7) is 2.89. The van der Waals surface area contributed by atoms with Gasteiger partial charge in [-0.15, -0.1) is 10.2 Å². The third-order valence-corrected chi connectivity index (χ3v) is 4.27. The van der Waals surface area contributed by atoms with Crippen LogP contribution in [-0.2, 0) is 0 Å². The maximum absolute atomic E-state index is 10.8. The maximum Gasteiger partial charge on any atom is 0.273 e. The Bertz CT molecular complexity index is 1050. The molecule has 0 aromatic heterocycles. The van der Waals surface area contributed by atoms with Crippen LogP contribution in [0.25, 0.3) is 10.8 Å². The summed E-state index contributed by atoms with van der Waals surface area (Å²) in [5.74, 6) is -0.415. The van der Waals surface area contributed by atoms with E-state index in [0.29, 0.717) is 5.39 Å². The molecule has 28 heavy (non-hydrogen) atoms. The number of hydrogen-bond acceptors (Lipinski definition) is 7. The Labute approximate surface area is 161 Å². The second kappa shape index (κ2) is 8.34. The van der Waals surface area contributed by atoms with Gasteiger partial charge in [-0.3, -0.25) is 10.1 Å². The fraction of sp³-hybridized carbons (Fsp3) is 0.200. The Morgan fingerprint density at radius 1 is 1.07 bits per heavy atom. The highest BCUT2D eigenvalue weighted by Gasteiger charge is 2.13. The van der Waals surface area contributed by atoms with Gasteiger partial charge in [0.25, 0.3) is 5.69 Å². The van der Waals surface area contributed by atoms with Crippen molar-refractivity contribution in [2.45, 2.75) is 19.8 Å². The second-order valence-corrected chi connectivity index (χ2v) is 6.25. The van der Waals surface area contributed by atoms with Crippen molar-refractivity contribution in [3.8, 4) is 11.5 Å². The number of nitro groups is 1. The number of hydrogen-bond donors (Lipinski definition) is 3. The zero-order valence-electron chi connectivity index (χ0n) is 15.3. The predicted molar refractivity (Wildman–Crippen MR) is 108 cm³/mol. The Kier molecular flexibility index (Phi) is 5.69. The number of phenols is 2. The lowest BCUT2D eigenvalue weighted by Gasteiger charge is -2.12. The molecule has 3 aromatic carbocycles. The molecule has 0 unspecified atom stereocenters. The van der Waals surface area contributed by atoms with Crippen molar-refractivity contribution >= 4 is 33.5 Å². The summed E-state index contributed by atoms with van der Waals surface area (Å²) in [7, 11) is 0. The van der Waals surface area contributed by atoms with E-state index in [1.54, 1.807) is 6.07 Å². The summed E-state index contributed by atoms with van der Waals surface area (Å²) >= 11 is 0. The molecule has 0 radical (unpaired) electrons. The van der Waals surface area contributed by atoms with Crippen LogP contribution in [0.2, 0.25) is 0 Å². The largest absolute Gasteiger partial charge is 0.506 e. The molecule has 0 aliphatic rings. The summed E-state index contributed by atoms with van der Waals surface area (Å²) in [5, 5.41) is 44.1. The molecular weight excluding hydrogens is 360 g/mol. The first-order valence-electron chi connectivity index (χ1n) is 8.89. The molecule has 0 saturated carbocycles. The molecule has 0 fully saturated rings. The third kappa shape index (κ3) is 4.01. The van der Waals surface area contributed by atoms with Gasteiger partial charge in [-0.1, -0.05) is 31.5 Å². The van der Waals surface area contributed by atoms with Gasteiger partial charge < -0.3 is 15.5 Å². The number of rotatable bonds is 7. The van der Waals surface area contributed by atoms with Crippen molar-refractivity contribution in [2.24, 2.45) is 10.2 Å². The van der Waals surface area contributed by atoms with Crippen molar-refractivity contribution < 1.29 is 15.1 Å². The van der Waals surface area contributed by atoms with Crippen LogP contribution < -0.4 is 5.32 Å². The Balaban J connectivity index is 2.03. The molecule has 144 valence electrons. The second-order valence-electron chi connectivity index (χ2n) is 6.25. The van der Waals surface area contributed by atoms with E-state index >= 15 is 0 Å². The lowest BCUT2D eigenvalue weighted by molar-refractivity contribution is -0.384. The van der Waals surface area contributed by atoms with Gasteiger partial charge in [-0.25, -0.2) is 0 Å². The highest BCUT2D eigenvalue weighted by atomic mass is 16.6. The van der Waals surface area contributed by atoms with Crippen molar-refractivity contribution in [1.82, 2.24) is 0 Å². The minimum atomic E-state index is -0.606. The van der Waals surface area contributed by atoms with Gasteiger partial charge in [0.1, 0.15) is 22.9 Å². The number of fused-ring (bicyclic) bond motifs is 1. The number of anilines is 1. The van der Waals surface area contributed by atoms with Gasteiger partial charge in [-0.2, -0.15) is 0 Å². The average molecular weight is 380 g/mol. The first kappa shape index (κ1) is 19.1. The van der Waals surface area contributed by atoms with E-state index in [1.807, 2.05) is 18.2 Å². The van der Waals surface area contributed by atoms with Crippen molar-refractivity contribution in [1.29, 1.82) is 0 Å². The molecule has 3 rings (SSSR count). The number of non-ortho nitro benzene ring substituents is 1. The van der Waals surface area contributed by atoms with Gasteiger partial charge in [0.05, 0.1) is 11.0 Å². The number of unbranched alkanes of at least 4 members (excludes halogenated alkanes) is 1. The number of phenolic OH excluding ortho intramolecular Hbond substituents is 2. The van der Waals surface area contributed by atoms with Crippen LogP contribution in [0.15, 0.2) is 58.8 Å². The number of aromatic hydroxyl groups is 2. The van der Waals surface area contributed by atoms with Crippen LogP contribution in [0.3, 0.4) is 0 Å². The Hall–Kier alpha value is -3.68. The standard InChI is InChI=1S/C20H20N4O4/c1-2-3-11-21-16-6-4-5-13-7-10-17(25)20(19(13)16)23-22-15-9-8-14(24(27)28)12-18(15)26/h4-10,12,21,25-26H,2-3,11H2,1H3.